The lowest BCUT2D eigenvalue weighted by Gasteiger charge is -2.28. The van der Waals surface area contributed by atoms with Crippen molar-refractivity contribution >= 4 is 27.2 Å². The van der Waals surface area contributed by atoms with Gasteiger partial charge < -0.3 is 10.9 Å². The molecule has 106 valence electrons. The second-order valence-corrected chi connectivity index (χ2v) is 4.64. The number of rotatable bonds is 4. The van der Waals surface area contributed by atoms with Crippen LogP contribution in [0.5, 0.6) is 0 Å². The maximum absolute atomic E-state index is 11.4. The molecule has 3 aromatic carbocycles. The number of hydrogen-bond acceptors (Lipinski definition) is 5. The fraction of sp³-hybridized carbons (Fsp3) is 0. The predicted octanol–water partition coefficient (Wildman–Crippen LogP) is 3.48. The maximum Gasteiger partial charge on any atom is 0.107 e. The summed E-state index contributed by atoms with van der Waals surface area (Å²) >= 11 is 0. The van der Waals surface area contributed by atoms with Crippen molar-refractivity contribution in [3.05, 3.63) is 72.2 Å². The van der Waals surface area contributed by atoms with E-state index in [0.717, 1.165) is 21.5 Å². The number of nitrogens with two attached hydrogens (primary N) is 1. The highest BCUT2D eigenvalue weighted by molar-refractivity contribution is 6.10. The molecule has 21 heavy (non-hydrogen) atoms. The van der Waals surface area contributed by atoms with E-state index >= 15 is 0 Å². The Morgan fingerprint density at radius 1 is 1.05 bits per heavy atom. The van der Waals surface area contributed by atoms with Gasteiger partial charge >= 0.3 is 0 Å². The number of nitrogens with zero attached hydrogens (tertiary/aromatic N) is 1. The third kappa shape index (κ3) is 2.47. The molecule has 0 aromatic heterocycles. The highest BCUT2D eigenvalue weighted by Gasteiger charge is 2.07. The molecule has 5 nitrogen and oxygen atoms in total. The molecular formula is C16H14N3O2-. The third-order valence-electron chi connectivity index (χ3n) is 3.24. The first kappa shape index (κ1) is 13.2. The van der Waals surface area contributed by atoms with E-state index in [-0.39, 0.29) is 11.0 Å². The highest BCUT2D eigenvalue weighted by Crippen LogP contribution is 2.32. The summed E-state index contributed by atoms with van der Waals surface area (Å²) in [6.45, 7) is 3.32. The minimum atomic E-state index is -0.230. The van der Waals surface area contributed by atoms with Crippen molar-refractivity contribution in [3.63, 3.8) is 0 Å². The summed E-state index contributed by atoms with van der Waals surface area (Å²) in [6.07, 6.45) is 0. The van der Waals surface area contributed by atoms with Gasteiger partial charge in [-0.25, -0.2) is 5.48 Å². The molecule has 0 heterocycles. The maximum atomic E-state index is 11.4. The van der Waals surface area contributed by atoms with Crippen LogP contribution in [-0.2, 0) is 4.94 Å². The second-order valence-electron chi connectivity index (χ2n) is 4.64. The van der Waals surface area contributed by atoms with Gasteiger partial charge in [0.25, 0.3) is 0 Å². The zero-order valence-electron chi connectivity index (χ0n) is 11.2. The largest absolute Gasteiger partial charge is 0.730 e. The monoisotopic (exact) mass is 280 g/mol. The summed E-state index contributed by atoms with van der Waals surface area (Å²) in [4.78, 5) is 4.91. The van der Waals surface area contributed by atoms with Gasteiger partial charge in [-0.3, -0.25) is 5.23 Å². The fourth-order valence-electron chi connectivity index (χ4n) is 2.27. The predicted molar refractivity (Wildman–Crippen MR) is 84.7 cm³/mol. The van der Waals surface area contributed by atoms with Crippen LogP contribution in [0.25, 0.3) is 21.5 Å². The normalized spacial score (nSPS) is 10.7. The Bertz CT molecular complexity index is 763. The zero-order valence-corrected chi connectivity index (χ0v) is 11.2. The van der Waals surface area contributed by atoms with Gasteiger partial charge in [0.1, 0.15) is 5.82 Å². The van der Waals surface area contributed by atoms with E-state index < -0.39 is 0 Å². The van der Waals surface area contributed by atoms with Crippen molar-refractivity contribution in [1.82, 2.24) is 5.23 Å². The van der Waals surface area contributed by atoms with Crippen molar-refractivity contribution in [2.45, 2.75) is 0 Å². The first-order valence-corrected chi connectivity index (χ1v) is 6.42. The minimum Gasteiger partial charge on any atom is -0.730 e. The van der Waals surface area contributed by atoms with Crippen LogP contribution in [0.1, 0.15) is 0 Å². The molecule has 0 aliphatic carbocycles. The molecule has 0 bridgehead atoms. The van der Waals surface area contributed by atoms with Crippen molar-refractivity contribution in [1.29, 1.82) is 0 Å². The number of benzene rings is 3. The number of anilines is 1. The van der Waals surface area contributed by atoms with E-state index in [1.807, 2.05) is 48.5 Å². The van der Waals surface area contributed by atoms with Gasteiger partial charge in [-0.15, -0.1) is 0 Å². The molecule has 3 aromatic rings. The molecule has 0 atom stereocenters. The van der Waals surface area contributed by atoms with E-state index in [9.17, 15) is 5.21 Å². The van der Waals surface area contributed by atoms with Crippen LogP contribution in [0, 0.1) is 5.21 Å². The van der Waals surface area contributed by atoms with Gasteiger partial charge in [0, 0.05) is 10.8 Å². The lowest BCUT2D eigenvalue weighted by atomic mass is 10.0. The van der Waals surface area contributed by atoms with Crippen molar-refractivity contribution < 1.29 is 4.94 Å². The Kier molecular flexibility index (Phi) is 3.35. The van der Waals surface area contributed by atoms with E-state index in [1.54, 1.807) is 0 Å². The summed E-state index contributed by atoms with van der Waals surface area (Å²) in [6, 6.07) is 17.8. The molecular weight excluding hydrogens is 266 g/mol. The lowest BCUT2D eigenvalue weighted by molar-refractivity contribution is -0.0579. The number of hydroxylamine groups is 2. The molecule has 0 radical (unpaired) electrons. The van der Waals surface area contributed by atoms with Gasteiger partial charge in [0.05, 0.1) is 5.69 Å². The molecule has 0 fully saturated rings. The van der Waals surface area contributed by atoms with Crippen LogP contribution in [0.4, 0.5) is 5.69 Å². The molecule has 0 saturated carbocycles. The number of nitrogens with one attached hydrogen (secondary N) is 1. The summed E-state index contributed by atoms with van der Waals surface area (Å²) in [7, 11) is 0. The summed E-state index contributed by atoms with van der Waals surface area (Å²) in [5.41, 5.74) is 8.68. The third-order valence-corrected chi connectivity index (χ3v) is 3.24. The Morgan fingerprint density at radius 3 is 2.10 bits per heavy atom. The topological polar surface area (TPSA) is 73.6 Å². The molecule has 3 rings (SSSR count). The van der Waals surface area contributed by atoms with Crippen molar-refractivity contribution in [2.24, 2.45) is 5.73 Å². The Morgan fingerprint density at radius 2 is 1.57 bits per heavy atom. The van der Waals surface area contributed by atoms with Gasteiger partial charge in [0.2, 0.25) is 0 Å². The fourth-order valence-corrected chi connectivity index (χ4v) is 2.27. The van der Waals surface area contributed by atoms with Gasteiger partial charge in [-0.2, -0.15) is 4.94 Å². The van der Waals surface area contributed by atoms with Crippen LogP contribution in [0.15, 0.2) is 67.0 Å². The van der Waals surface area contributed by atoms with Gasteiger partial charge in [-0.1, -0.05) is 55.1 Å². The van der Waals surface area contributed by atoms with Crippen LogP contribution < -0.4 is 11.2 Å². The van der Waals surface area contributed by atoms with E-state index in [1.165, 1.54) is 0 Å². The second kappa shape index (κ2) is 5.32. The Hall–Kier alpha value is -2.76. The highest BCUT2D eigenvalue weighted by atomic mass is 17.0. The zero-order chi connectivity index (χ0) is 14.8. The van der Waals surface area contributed by atoms with E-state index in [2.05, 4.69) is 18.1 Å². The molecule has 3 N–H and O–H groups in total. The number of hydrogen-bond donors (Lipinski definition) is 2. The Balaban J connectivity index is 2.13. The molecule has 0 spiro atoms. The summed E-state index contributed by atoms with van der Waals surface area (Å²) in [5.74, 6) is -0.230. The lowest BCUT2D eigenvalue weighted by Crippen LogP contribution is -2.24. The minimum absolute atomic E-state index is 0.135. The van der Waals surface area contributed by atoms with Gasteiger partial charge in [0.15, 0.2) is 0 Å². The summed E-state index contributed by atoms with van der Waals surface area (Å²) < 4.78 is 0. The van der Waals surface area contributed by atoms with Gasteiger partial charge in [-0.05, 0) is 16.8 Å². The molecule has 0 amide bonds. The first-order chi connectivity index (χ1) is 10.2. The Labute approximate surface area is 121 Å². The molecule has 5 heteroatoms. The molecule has 0 saturated heterocycles. The van der Waals surface area contributed by atoms with Crippen molar-refractivity contribution in [2.75, 3.05) is 5.48 Å². The van der Waals surface area contributed by atoms with Crippen molar-refractivity contribution in [3.8, 4) is 0 Å². The molecule has 0 aliphatic heterocycles. The summed E-state index contributed by atoms with van der Waals surface area (Å²) in [5, 5.41) is 15.5. The smallest absolute Gasteiger partial charge is 0.107 e. The van der Waals surface area contributed by atoms with Crippen LogP contribution in [0.3, 0.4) is 0 Å². The first-order valence-electron chi connectivity index (χ1n) is 6.42. The van der Waals surface area contributed by atoms with E-state index in [0.29, 0.717) is 5.69 Å². The quantitative estimate of drug-likeness (QED) is 0.565. The van der Waals surface area contributed by atoms with Crippen LogP contribution >= 0.6 is 0 Å². The average molecular weight is 280 g/mol. The number of fused-ring (bicyclic) bond motifs is 2. The molecule has 0 unspecified atom stereocenters. The average Bonchev–Trinajstić information content (AvgIpc) is 2.51. The SMILES string of the molecule is C=C(N)N([O-])ONc1c2ccccc2cc2ccccc12. The standard InChI is InChI=1S/C16H14N3O2/c1-11(17)19(20)21-18-16-14-8-4-2-6-12(14)10-13-7-3-5-9-15(13)16/h2-10,18H,1,17H2/q-1. The molecule has 0 aliphatic rings. The van der Waals surface area contributed by atoms with E-state index in [4.69, 9.17) is 10.7 Å². The van der Waals surface area contributed by atoms with Crippen LogP contribution in [0.2, 0.25) is 0 Å². The van der Waals surface area contributed by atoms with Crippen LogP contribution in [-0.4, -0.2) is 5.23 Å².